The molecule has 1 heterocycles. The SMILES string of the molecule is CC(C)Cn1cc(NS(=O)(=O)c2ccc(C(F)(F)F)cc2F)c(C(F)F)n1. The van der Waals surface area contributed by atoms with Crippen LogP contribution < -0.4 is 4.72 Å². The summed E-state index contributed by atoms with van der Waals surface area (Å²) in [7, 11) is -4.76. The molecule has 0 saturated heterocycles. The van der Waals surface area contributed by atoms with Gasteiger partial charge in [-0.15, -0.1) is 0 Å². The first kappa shape index (κ1) is 21.1. The molecule has 0 atom stereocenters. The average molecular weight is 415 g/mol. The fourth-order valence-electron chi connectivity index (χ4n) is 2.24. The van der Waals surface area contributed by atoms with Gasteiger partial charge in [0.15, 0.2) is 5.69 Å². The second-order valence-corrected chi connectivity index (χ2v) is 7.74. The molecular weight excluding hydrogens is 400 g/mol. The van der Waals surface area contributed by atoms with Crippen molar-refractivity contribution in [2.75, 3.05) is 4.72 Å². The maximum absolute atomic E-state index is 13.9. The highest BCUT2D eigenvalue weighted by atomic mass is 32.2. The van der Waals surface area contributed by atoms with Crippen molar-refractivity contribution in [3.63, 3.8) is 0 Å². The topological polar surface area (TPSA) is 64.0 Å². The van der Waals surface area contributed by atoms with Crippen molar-refractivity contribution >= 4 is 15.7 Å². The van der Waals surface area contributed by atoms with Gasteiger partial charge in [-0.3, -0.25) is 9.40 Å². The molecule has 2 rings (SSSR count). The van der Waals surface area contributed by atoms with Gasteiger partial charge in [0.1, 0.15) is 10.7 Å². The molecule has 12 heteroatoms. The van der Waals surface area contributed by atoms with E-state index in [9.17, 15) is 34.8 Å². The van der Waals surface area contributed by atoms with Crippen LogP contribution in [0.25, 0.3) is 0 Å². The Morgan fingerprint density at radius 2 is 1.85 bits per heavy atom. The van der Waals surface area contributed by atoms with E-state index in [2.05, 4.69) is 5.10 Å². The minimum absolute atomic E-state index is 0.0186. The van der Waals surface area contributed by atoms with Crippen molar-refractivity contribution in [3.05, 3.63) is 41.5 Å². The summed E-state index contributed by atoms with van der Waals surface area (Å²) in [4.78, 5) is -1.10. The monoisotopic (exact) mass is 415 g/mol. The van der Waals surface area contributed by atoms with Gasteiger partial charge in [0.2, 0.25) is 0 Å². The van der Waals surface area contributed by atoms with Crippen molar-refractivity contribution in [2.24, 2.45) is 5.92 Å². The van der Waals surface area contributed by atoms with Gasteiger partial charge >= 0.3 is 6.18 Å². The maximum Gasteiger partial charge on any atom is 0.416 e. The Balaban J connectivity index is 2.40. The maximum atomic E-state index is 13.9. The summed E-state index contributed by atoms with van der Waals surface area (Å²) in [6, 6.07) is 0.819. The summed E-state index contributed by atoms with van der Waals surface area (Å²) in [6.07, 6.45) is -6.97. The third kappa shape index (κ3) is 4.93. The second-order valence-electron chi connectivity index (χ2n) is 6.09. The molecule has 0 unspecified atom stereocenters. The van der Waals surface area contributed by atoms with Crippen LogP contribution in [-0.4, -0.2) is 18.2 Å². The van der Waals surface area contributed by atoms with Gasteiger partial charge in [-0.25, -0.2) is 21.6 Å². The number of hydrogen-bond donors (Lipinski definition) is 1. The van der Waals surface area contributed by atoms with Gasteiger partial charge in [0.05, 0.1) is 11.3 Å². The fourth-order valence-corrected chi connectivity index (χ4v) is 3.36. The Hall–Kier alpha value is -2.24. The molecule has 0 aliphatic carbocycles. The van der Waals surface area contributed by atoms with Crippen LogP contribution in [0.2, 0.25) is 0 Å². The Bertz CT molecular complexity index is 922. The standard InChI is InChI=1S/C15H15F6N3O2S/c1-8(2)6-24-7-11(13(22-24)14(17)18)23-27(25,26)12-4-3-9(5-10(12)16)15(19,20)21/h3-5,7-8,14,23H,6H2,1-2H3. The molecular formula is C15H15F6N3O2S. The Labute approximate surface area is 151 Å². The van der Waals surface area contributed by atoms with Gasteiger partial charge in [-0.05, 0) is 24.1 Å². The number of sulfonamides is 1. The van der Waals surface area contributed by atoms with E-state index in [1.54, 1.807) is 18.6 Å². The van der Waals surface area contributed by atoms with Gasteiger partial charge in [-0.1, -0.05) is 13.8 Å². The van der Waals surface area contributed by atoms with Crippen LogP contribution in [0.15, 0.2) is 29.3 Å². The minimum atomic E-state index is -4.86. The summed E-state index contributed by atoms with van der Waals surface area (Å²) in [5, 5.41) is 3.59. The van der Waals surface area contributed by atoms with Crippen LogP contribution in [0.5, 0.6) is 0 Å². The number of benzene rings is 1. The first-order valence-electron chi connectivity index (χ1n) is 7.56. The molecule has 0 saturated carbocycles. The van der Waals surface area contributed by atoms with Crippen LogP contribution >= 0.6 is 0 Å². The molecule has 0 amide bonds. The Kier molecular flexibility index (Phi) is 5.78. The van der Waals surface area contributed by atoms with Gasteiger partial charge in [0.25, 0.3) is 16.4 Å². The lowest BCUT2D eigenvalue weighted by molar-refractivity contribution is -0.137. The second kappa shape index (κ2) is 7.41. The average Bonchev–Trinajstić information content (AvgIpc) is 2.86. The largest absolute Gasteiger partial charge is 0.416 e. The summed E-state index contributed by atoms with van der Waals surface area (Å²) >= 11 is 0. The number of halogens is 6. The molecule has 1 N–H and O–H groups in total. The minimum Gasteiger partial charge on any atom is -0.276 e. The van der Waals surface area contributed by atoms with Gasteiger partial charge < -0.3 is 0 Å². The number of rotatable bonds is 6. The van der Waals surface area contributed by atoms with Crippen molar-refractivity contribution in [2.45, 2.75) is 37.9 Å². The molecule has 5 nitrogen and oxygen atoms in total. The summed E-state index contributed by atoms with van der Waals surface area (Å²) < 4.78 is 105. The predicted octanol–water partition coefficient (Wildman–Crippen LogP) is 4.44. The van der Waals surface area contributed by atoms with E-state index in [1.165, 1.54) is 0 Å². The molecule has 0 radical (unpaired) electrons. The van der Waals surface area contributed by atoms with Crippen LogP contribution in [0.3, 0.4) is 0 Å². The third-order valence-electron chi connectivity index (χ3n) is 3.34. The van der Waals surface area contributed by atoms with Crippen molar-refractivity contribution < 1.29 is 34.8 Å². The van der Waals surface area contributed by atoms with Crippen LogP contribution in [0, 0.1) is 11.7 Å². The van der Waals surface area contributed by atoms with Crippen LogP contribution in [-0.2, 0) is 22.7 Å². The molecule has 0 aliphatic rings. The first-order valence-corrected chi connectivity index (χ1v) is 9.04. The smallest absolute Gasteiger partial charge is 0.276 e. The molecule has 27 heavy (non-hydrogen) atoms. The van der Waals surface area contributed by atoms with Crippen molar-refractivity contribution in [1.82, 2.24) is 9.78 Å². The molecule has 2 aromatic rings. The van der Waals surface area contributed by atoms with Crippen molar-refractivity contribution in [3.8, 4) is 0 Å². The lowest BCUT2D eigenvalue weighted by Gasteiger charge is -2.11. The van der Waals surface area contributed by atoms with Gasteiger partial charge in [0, 0.05) is 12.7 Å². The number of aromatic nitrogens is 2. The lowest BCUT2D eigenvalue weighted by atomic mass is 10.2. The Morgan fingerprint density at radius 1 is 1.22 bits per heavy atom. The van der Waals surface area contributed by atoms with E-state index in [0.717, 1.165) is 10.9 Å². The summed E-state index contributed by atoms with van der Waals surface area (Å²) in [6.45, 7) is 3.78. The van der Waals surface area contributed by atoms with Crippen LogP contribution in [0.1, 0.15) is 31.5 Å². The quantitative estimate of drug-likeness (QED) is 0.710. The molecule has 0 fully saturated rings. The van der Waals surface area contributed by atoms with Crippen molar-refractivity contribution in [1.29, 1.82) is 0 Å². The van der Waals surface area contributed by atoms with Crippen LogP contribution in [0.4, 0.5) is 32.0 Å². The third-order valence-corrected chi connectivity index (χ3v) is 4.74. The number of hydrogen-bond acceptors (Lipinski definition) is 3. The van der Waals surface area contributed by atoms with E-state index < -0.39 is 50.3 Å². The first-order chi connectivity index (χ1) is 12.3. The zero-order chi connectivity index (χ0) is 20.6. The van der Waals surface area contributed by atoms with Gasteiger partial charge in [-0.2, -0.15) is 18.3 Å². The normalized spacial score (nSPS) is 12.8. The van der Waals surface area contributed by atoms with E-state index >= 15 is 0 Å². The summed E-state index contributed by atoms with van der Waals surface area (Å²) in [5.74, 6) is -1.64. The zero-order valence-corrected chi connectivity index (χ0v) is 14.9. The number of alkyl halides is 5. The molecule has 1 aromatic heterocycles. The number of nitrogens with zero attached hydrogens (tertiary/aromatic N) is 2. The number of anilines is 1. The Morgan fingerprint density at radius 3 is 2.33 bits per heavy atom. The highest BCUT2D eigenvalue weighted by Crippen LogP contribution is 2.32. The lowest BCUT2D eigenvalue weighted by Crippen LogP contribution is -2.16. The highest BCUT2D eigenvalue weighted by molar-refractivity contribution is 7.92. The highest BCUT2D eigenvalue weighted by Gasteiger charge is 2.33. The fraction of sp³-hybridized carbons (Fsp3) is 0.400. The van der Waals surface area contributed by atoms with E-state index in [0.29, 0.717) is 12.1 Å². The predicted molar refractivity (Wildman–Crippen MR) is 84.2 cm³/mol. The zero-order valence-electron chi connectivity index (χ0n) is 14.1. The summed E-state index contributed by atoms with van der Waals surface area (Å²) in [5.41, 5.74) is -2.83. The molecule has 150 valence electrons. The molecule has 0 spiro atoms. The molecule has 0 bridgehead atoms. The van der Waals surface area contributed by atoms with E-state index in [-0.39, 0.29) is 18.5 Å². The molecule has 0 aliphatic heterocycles. The van der Waals surface area contributed by atoms with E-state index in [4.69, 9.17) is 0 Å². The van der Waals surface area contributed by atoms with E-state index in [1.807, 2.05) is 0 Å². The molecule has 1 aromatic carbocycles. The number of nitrogens with one attached hydrogen (secondary N) is 1.